The fourth-order valence-corrected chi connectivity index (χ4v) is 9.28. The van der Waals surface area contributed by atoms with E-state index in [9.17, 15) is 23.6 Å². The molecule has 326 valence electrons. The third-order valence-corrected chi connectivity index (χ3v) is 12.8. The summed E-state index contributed by atoms with van der Waals surface area (Å²) in [5.41, 5.74) is 14.0. The number of nitrogen functional groups attached to an aromatic ring is 1. The summed E-state index contributed by atoms with van der Waals surface area (Å²) in [5, 5.41) is 10.8. The van der Waals surface area contributed by atoms with Crippen LogP contribution < -0.4 is 30.9 Å². The van der Waals surface area contributed by atoms with Gasteiger partial charge >= 0.3 is 0 Å². The van der Waals surface area contributed by atoms with Crippen molar-refractivity contribution in [3.8, 4) is 22.7 Å². The van der Waals surface area contributed by atoms with Crippen LogP contribution in [0.25, 0.3) is 28.0 Å². The Hall–Kier alpha value is -7.40. The van der Waals surface area contributed by atoms with Crippen LogP contribution in [-0.4, -0.2) is 112 Å². The third kappa shape index (κ3) is 7.71. The summed E-state index contributed by atoms with van der Waals surface area (Å²) >= 11 is 0. The molecule has 4 amide bonds. The average molecular weight is 864 g/mol. The molecule has 16 nitrogen and oxygen atoms in total. The van der Waals surface area contributed by atoms with Crippen molar-refractivity contribution in [2.75, 3.05) is 68.5 Å². The predicted octanol–water partition coefficient (Wildman–Crippen LogP) is 4.16. The highest BCUT2D eigenvalue weighted by molar-refractivity contribution is 6.05. The van der Waals surface area contributed by atoms with Crippen LogP contribution in [0.15, 0.2) is 91.3 Å². The normalized spacial score (nSPS) is 18.0. The van der Waals surface area contributed by atoms with Crippen molar-refractivity contribution >= 4 is 51.9 Å². The first-order chi connectivity index (χ1) is 31.1. The molecule has 10 rings (SSSR count). The van der Waals surface area contributed by atoms with Crippen LogP contribution >= 0.6 is 0 Å². The van der Waals surface area contributed by atoms with Gasteiger partial charge in [-0.15, -0.1) is 0 Å². The summed E-state index contributed by atoms with van der Waals surface area (Å²) < 4.78 is 20.9. The van der Waals surface area contributed by atoms with E-state index in [0.717, 1.165) is 85.6 Å². The first-order valence-corrected chi connectivity index (χ1v) is 21.4. The molecular weight excluding hydrogens is 818 g/mol. The van der Waals surface area contributed by atoms with Gasteiger partial charge in [0.25, 0.3) is 11.8 Å². The second-order valence-corrected chi connectivity index (χ2v) is 16.8. The van der Waals surface area contributed by atoms with Crippen molar-refractivity contribution in [1.82, 2.24) is 40.2 Å². The molecule has 4 aliphatic rings. The minimum absolute atomic E-state index is 0.121. The number of imide groups is 1. The minimum atomic E-state index is -0.615. The zero-order valence-corrected chi connectivity index (χ0v) is 35.2. The maximum absolute atomic E-state index is 13.8. The second-order valence-electron chi connectivity index (χ2n) is 16.8. The van der Waals surface area contributed by atoms with E-state index in [-0.39, 0.29) is 30.3 Å². The van der Waals surface area contributed by atoms with Crippen molar-refractivity contribution in [1.29, 1.82) is 0 Å². The summed E-state index contributed by atoms with van der Waals surface area (Å²) in [6.07, 6.45) is 2.03. The fourth-order valence-electron chi connectivity index (χ4n) is 9.28. The molecule has 64 heavy (non-hydrogen) atoms. The van der Waals surface area contributed by atoms with Gasteiger partial charge in [0, 0.05) is 93.7 Å². The maximum Gasteiger partial charge on any atom is 0.255 e. The van der Waals surface area contributed by atoms with Gasteiger partial charge in [0.2, 0.25) is 11.8 Å². The van der Waals surface area contributed by atoms with Crippen LogP contribution in [0.3, 0.4) is 0 Å². The minimum Gasteiger partial charge on any atom is -0.496 e. The van der Waals surface area contributed by atoms with Crippen LogP contribution in [0.1, 0.15) is 44.7 Å². The van der Waals surface area contributed by atoms with Crippen LogP contribution in [0.4, 0.5) is 21.6 Å². The Morgan fingerprint density at radius 3 is 2.39 bits per heavy atom. The number of amides is 4. The number of fused-ring (bicyclic) bond motifs is 2. The topological polar surface area (TPSA) is 184 Å². The van der Waals surface area contributed by atoms with Crippen molar-refractivity contribution in [3.63, 3.8) is 0 Å². The lowest BCUT2D eigenvalue weighted by atomic mass is 9.98. The number of hydrogen-bond donors (Lipinski definition) is 3. The molecule has 1 atom stereocenters. The van der Waals surface area contributed by atoms with Crippen molar-refractivity contribution in [2.24, 2.45) is 5.92 Å². The Morgan fingerprint density at radius 2 is 1.64 bits per heavy atom. The number of carbonyl (C=O) groups is 4. The number of nitrogens with one attached hydrogen (secondary N) is 2. The molecule has 4 N–H and O–H groups in total. The molecule has 4 aromatic carbocycles. The van der Waals surface area contributed by atoms with E-state index >= 15 is 0 Å². The molecule has 0 aliphatic carbocycles. The SMILES string of the molecule is COc1ccc(F)cc1C(=O)NCc1ccc(-c2nn(-c3ccc(N4CC(CN5CCN(c6ccc7c(c6)CN([C@H]6CCC(=O)NC6=O)C7=O)CC5)C4)cc3)c3ncnc(N)c23)cc1. The molecule has 0 spiro atoms. The second kappa shape index (κ2) is 16.7. The largest absolute Gasteiger partial charge is 0.496 e. The number of piperazine rings is 1. The van der Waals surface area contributed by atoms with Gasteiger partial charge in [0.1, 0.15) is 35.4 Å². The van der Waals surface area contributed by atoms with Gasteiger partial charge in [-0.05, 0) is 78.2 Å². The summed E-state index contributed by atoms with van der Waals surface area (Å²) in [6, 6.07) is 25.1. The number of piperidine rings is 1. The molecule has 3 fully saturated rings. The van der Waals surface area contributed by atoms with Gasteiger partial charge < -0.3 is 30.5 Å². The van der Waals surface area contributed by atoms with Gasteiger partial charge in [-0.25, -0.2) is 19.0 Å². The number of carbonyl (C=O) groups excluding carboxylic acids is 4. The van der Waals surface area contributed by atoms with E-state index in [1.807, 2.05) is 48.5 Å². The Balaban J connectivity index is 0.732. The number of nitrogens with zero attached hydrogens (tertiary/aromatic N) is 8. The van der Waals surface area contributed by atoms with Crippen LogP contribution in [-0.2, 0) is 22.7 Å². The van der Waals surface area contributed by atoms with Gasteiger partial charge in [0.05, 0.1) is 23.7 Å². The summed E-state index contributed by atoms with van der Waals surface area (Å²) in [6.45, 7) is 7.26. The van der Waals surface area contributed by atoms with Crippen LogP contribution in [0.5, 0.6) is 5.75 Å². The lowest BCUT2D eigenvalue weighted by Gasteiger charge is -2.45. The van der Waals surface area contributed by atoms with E-state index < -0.39 is 23.7 Å². The van der Waals surface area contributed by atoms with Crippen LogP contribution in [0.2, 0.25) is 0 Å². The van der Waals surface area contributed by atoms with Gasteiger partial charge in [-0.2, -0.15) is 5.10 Å². The molecule has 2 aromatic heterocycles. The zero-order chi connectivity index (χ0) is 44.1. The van der Waals surface area contributed by atoms with Crippen molar-refractivity contribution in [2.45, 2.75) is 32.0 Å². The molecule has 4 aliphatic heterocycles. The number of nitrogens with two attached hydrogens (primary N) is 1. The number of rotatable bonds is 11. The molecular formula is C47H46FN11O5. The van der Waals surface area contributed by atoms with E-state index in [2.05, 4.69) is 53.5 Å². The standard InChI is InChI=1S/C47H46FN11O5/c1-64-39-14-6-32(48)21-37(39)45(61)50-22-28-2-4-30(5-3-28)42-41-43(49)51-27-52-44(41)59(54-42)34-9-7-33(8-10-34)57-24-29(25-57)23-55-16-18-56(19-17-55)35-11-12-36-31(20-35)26-58(47(36)63)38-13-15-40(60)53-46(38)62/h2-12,14,20-21,27,29,38H,13,15-19,22-26H2,1H3,(H,50,61)(H2,49,51,52)(H,53,60,62)/t38-/m0/s1. The van der Waals surface area contributed by atoms with E-state index in [0.29, 0.717) is 52.7 Å². The van der Waals surface area contributed by atoms with Crippen molar-refractivity contribution in [3.05, 3.63) is 119 Å². The molecule has 3 saturated heterocycles. The Kier molecular flexibility index (Phi) is 10.6. The van der Waals surface area contributed by atoms with Gasteiger partial charge in [-0.1, -0.05) is 24.3 Å². The van der Waals surface area contributed by atoms with E-state index in [1.165, 1.54) is 25.6 Å². The molecule has 0 saturated carbocycles. The average Bonchev–Trinajstić information content (AvgIpc) is 3.85. The molecule has 0 radical (unpaired) electrons. The summed E-state index contributed by atoms with van der Waals surface area (Å²) in [4.78, 5) is 67.8. The van der Waals surface area contributed by atoms with Crippen molar-refractivity contribution < 1.29 is 28.3 Å². The molecule has 0 unspecified atom stereocenters. The summed E-state index contributed by atoms with van der Waals surface area (Å²) in [7, 11) is 1.43. The highest BCUT2D eigenvalue weighted by atomic mass is 19.1. The number of benzene rings is 4. The Bertz CT molecular complexity index is 2800. The fraction of sp³-hybridized carbons (Fsp3) is 0.298. The number of methoxy groups -OCH3 is 1. The quantitative estimate of drug-likeness (QED) is 0.158. The van der Waals surface area contributed by atoms with E-state index in [1.54, 1.807) is 9.58 Å². The van der Waals surface area contributed by atoms with E-state index in [4.69, 9.17) is 15.6 Å². The first-order valence-electron chi connectivity index (χ1n) is 21.4. The number of ether oxygens (including phenoxy) is 1. The highest BCUT2D eigenvalue weighted by Crippen LogP contribution is 2.34. The molecule has 6 heterocycles. The third-order valence-electron chi connectivity index (χ3n) is 12.8. The number of aromatic nitrogens is 4. The summed E-state index contributed by atoms with van der Waals surface area (Å²) in [5.74, 6) is -0.630. The zero-order valence-electron chi connectivity index (χ0n) is 35.2. The smallest absolute Gasteiger partial charge is 0.255 e. The number of anilines is 3. The monoisotopic (exact) mass is 863 g/mol. The first kappa shape index (κ1) is 40.7. The number of halogens is 1. The predicted molar refractivity (Wildman–Crippen MR) is 237 cm³/mol. The Labute approximate surface area is 367 Å². The molecule has 6 aromatic rings. The van der Waals surface area contributed by atoms with Gasteiger partial charge in [-0.3, -0.25) is 29.4 Å². The molecule has 17 heteroatoms. The highest BCUT2D eigenvalue weighted by Gasteiger charge is 2.39. The number of hydrogen-bond acceptors (Lipinski definition) is 12. The van der Waals surface area contributed by atoms with Crippen LogP contribution in [0, 0.1) is 11.7 Å². The maximum atomic E-state index is 13.8. The van der Waals surface area contributed by atoms with Gasteiger partial charge in [0.15, 0.2) is 5.65 Å². The lowest BCUT2D eigenvalue weighted by molar-refractivity contribution is -0.136. The Morgan fingerprint density at radius 1 is 0.891 bits per heavy atom. The molecule has 0 bridgehead atoms. The lowest BCUT2D eigenvalue weighted by Crippen LogP contribution is -2.55.